The first kappa shape index (κ1) is 22.9. The fourth-order valence-corrected chi connectivity index (χ4v) is 6.94. The van der Waals surface area contributed by atoms with E-state index in [1.165, 1.54) is 22.2 Å². The molecule has 0 spiro atoms. The first-order valence-corrected chi connectivity index (χ1v) is 13.5. The van der Waals surface area contributed by atoms with Crippen LogP contribution < -0.4 is 10.5 Å². The number of nitrogens with zero attached hydrogens (tertiary/aromatic N) is 3. The molecule has 0 saturated heterocycles. The number of thioether (sulfide) groups is 1. The molecule has 0 N–H and O–H groups in total. The van der Waals surface area contributed by atoms with E-state index >= 15 is 0 Å². The van der Waals surface area contributed by atoms with Gasteiger partial charge in [0, 0.05) is 23.4 Å². The molecule has 5 rings (SSSR count). The maximum atomic E-state index is 13.4. The third-order valence-electron chi connectivity index (χ3n) is 6.35. The minimum absolute atomic E-state index is 0.00572. The molecule has 4 aromatic rings. The van der Waals surface area contributed by atoms with Gasteiger partial charge in [-0.3, -0.25) is 14.2 Å². The van der Waals surface area contributed by atoms with Crippen molar-refractivity contribution >= 4 is 55.7 Å². The van der Waals surface area contributed by atoms with Gasteiger partial charge in [-0.05, 0) is 49.6 Å². The average Bonchev–Trinajstić information content (AvgIpc) is 3.24. The summed E-state index contributed by atoms with van der Waals surface area (Å²) in [7, 11) is 0. The summed E-state index contributed by atoms with van der Waals surface area (Å²) in [5.74, 6) is 0.200. The number of amides is 1. The molecule has 34 heavy (non-hydrogen) atoms. The smallest absolute Gasteiger partial charge is 0.263 e. The Balaban J connectivity index is 1.47. The topological polar surface area (TPSA) is 55.2 Å². The second-order valence-electron chi connectivity index (χ2n) is 8.41. The van der Waals surface area contributed by atoms with Crippen LogP contribution in [0.2, 0.25) is 0 Å². The molecule has 0 fully saturated rings. The van der Waals surface area contributed by atoms with Crippen LogP contribution in [0.25, 0.3) is 21.0 Å². The van der Waals surface area contributed by atoms with Crippen molar-refractivity contribution in [3.05, 3.63) is 75.9 Å². The molecular weight excluding hydrogens is 462 g/mol. The number of hydrogen-bond donors (Lipinski definition) is 0. The fourth-order valence-electron chi connectivity index (χ4n) is 4.75. The lowest BCUT2D eigenvalue weighted by molar-refractivity contribution is -0.116. The number of aryl methyl sites for hydroxylation is 2. The van der Waals surface area contributed by atoms with Gasteiger partial charge in [-0.2, -0.15) is 0 Å². The number of aromatic nitrogens is 2. The minimum Gasteiger partial charge on any atom is -0.311 e. The normalized spacial score (nSPS) is 13.2. The molecule has 0 aliphatic heterocycles. The van der Waals surface area contributed by atoms with E-state index in [1.54, 1.807) is 22.0 Å². The van der Waals surface area contributed by atoms with E-state index in [1.807, 2.05) is 42.2 Å². The largest absolute Gasteiger partial charge is 0.311 e. The maximum absolute atomic E-state index is 13.4. The van der Waals surface area contributed by atoms with Crippen LogP contribution in [0.4, 0.5) is 5.69 Å². The molecule has 2 aromatic carbocycles. The number of hydrogen-bond acceptors (Lipinski definition) is 5. The van der Waals surface area contributed by atoms with E-state index < -0.39 is 0 Å². The zero-order valence-electron chi connectivity index (χ0n) is 19.3. The average molecular weight is 490 g/mol. The Labute approximate surface area is 207 Å². The van der Waals surface area contributed by atoms with Gasteiger partial charge >= 0.3 is 0 Å². The van der Waals surface area contributed by atoms with Crippen molar-refractivity contribution in [2.75, 3.05) is 17.2 Å². The maximum Gasteiger partial charge on any atom is 0.263 e. The van der Waals surface area contributed by atoms with Gasteiger partial charge in [0.15, 0.2) is 5.16 Å². The molecule has 7 heteroatoms. The Hall–Kier alpha value is -2.90. The van der Waals surface area contributed by atoms with Crippen LogP contribution >= 0.6 is 23.1 Å². The number of benzene rings is 2. The lowest BCUT2D eigenvalue weighted by atomic mass is 9.97. The van der Waals surface area contributed by atoms with Gasteiger partial charge in [-0.15, -0.1) is 17.9 Å². The summed E-state index contributed by atoms with van der Waals surface area (Å²) < 4.78 is 1.67. The number of rotatable bonds is 7. The summed E-state index contributed by atoms with van der Waals surface area (Å²) in [6.07, 6.45) is 5.97. The Kier molecular flexibility index (Phi) is 6.57. The summed E-state index contributed by atoms with van der Waals surface area (Å²) in [5, 5.41) is 3.51. The summed E-state index contributed by atoms with van der Waals surface area (Å²) in [6.45, 7) is 6.76. The third-order valence-corrected chi connectivity index (χ3v) is 8.50. The summed E-state index contributed by atoms with van der Waals surface area (Å²) in [4.78, 5) is 35.6. The standard InChI is InChI=1S/C27H27N3O2S2/c1-3-16-30-26(32)24-20-13-7-8-15-22(20)34-25(24)28-27(30)33-17-23(31)29(4-2)21-14-9-11-18-10-5-6-12-19(18)21/h3,5-6,9-12,14H,1,4,7-8,13,15-17H2,2H3. The number of fused-ring (bicyclic) bond motifs is 4. The van der Waals surface area contributed by atoms with E-state index in [2.05, 4.69) is 18.7 Å². The molecule has 174 valence electrons. The first-order valence-electron chi connectivity index (χ1n) is 11.7. The van der Waals surface area contributed by atoms with Gasteiger partial charge in [0.05, 0.1) is 16.8 Å². The highest BCUT2D eigenvalue weighted by Crippen LogP contribution is 2.35. The van der Waals surface area contributed by atoms with E-state index in [-0.39, 0.29) is 17.2 Å². The molecule has 2 aromatic heterocycles. The predicted octanol–water partition coefficient (Wildman–Crippen LogP) is 5.82. The highest BCUT2D eigenvalue weighted by Gasteiger charge is 2.23. The number of carbonyl (C=O) groups excluding carboxylic acids is 1. The summed E-state index contributed by atoms with van der Waals surface area (Å²) >= 11 is 2.97. The lowest BCUT2D eigenvalue weighted by Gasteiger charge is -2.23. The van der Waals surface area contributed by atoms with Crippen molar-refractivity contribution in [1.29, 1.82) is 0 Å². The van der Waals surface area contributed by atoms with Crippen molar-refractivity contribution in [2.45, 2.75) is 44.3 Å². The molecular formula is C27H27N3O2S2. The Morgan fingerprint density at radius 3 is 2.82 bits per heavy atom. The van der Waals surface area contributed by atoms with E-state index in [4.69, 9.17) is 4.98 Å². The Morgan fingerprint density at radius 1 is 1.21 bits per heavy atom. The first-order chi connectivity index (χ1) is 16.6. The number of thiophene rings is 1. The van der Waals surface area contributed by atoms with Crippen molar-refractivity contribution < 1.29 is 4.79 Å². The quantitative estimate of drug-likeness (QED) is 0.186. The summed E-state index contributed by atoms with van der Waals surface area (Å²) in [6, 6.07) is 14.1. The van der Waals surface area contributed by atoms with Crippen LogP contribution in [-0.4, -0.2) is 27.8 Å². The molecule has 0 unspecified atom stereocenters. The van der Waals surface area contributed by atoms with Crippen LogP contribution in [0.3, 0.4) is 0 Å². The van der Waals surface area contributed by atoms with Crippen LogP contribution in [0.15, 0.2) is 65.1 Å². The second-order valence-corrected chi connectivity index (χ2v) is 10.4. The second kappa shape index (κ2) is 9.76. The SMILES string of the molecule is C=CCn1c(SCC(=O)N(CC)c2cccc3ccccc23)nc2sc3c(c2c1=O)CCCC3. The Morgan fingerprint density at radius 2 is 2.00 bits per heavy atom. The molecule has 0 radical (unpaired) electrons. The zero-order valence-corrected chi connectivity index (χ0v) is 20.9. The molecule has 0 atom stereocenters. The van der Waals surface area contributed by atoms with E-state index in [0.717, 1.165) is 52.4 Å². The monoisotopic (exact) mass is 489 g/mol. The number of anilines is 1. The molecule has 1 amide bonds. The molecule has 0 bridgehead atoms. The lowest BCUT2D eigenvalue weighted by Crippen LogP contribution is -2.32. The van der Waals surface area contributed by atoms with Gasteiger partial charge in [0.25, 0.3) is 5.56 Å². The van der Waals surface area contributed by atoms with Gasteiger partial charge < -0.3 is 4.90 Å². The summed E-state index contributed by atoms with van der Waals surface area (Å²) in [5.41, 5.74) is 2.08. The van der Waals surface area contributed by atoms with Gasteiger partial charge in [0.1, 0.15) is 4.83 Å². The van der Waals surface area contributed by atoms with Crippen molar-refractivity contribution in [1.82, 2.24) is 9.55 Å². The van der Waals surface area contributed by atoms with Crippen LogP contribution in [-0.2, 0) is 24.2 Å². The van der Waals surface area contributed by atoms with Gasteiger partial charge in [0.2, 0.25) is 5.91 Å². The van der Waals surface area contributed by atoms with E-state index in [0.29, 0.717) is 18.2 Å². The number of carbonyl (C=O) groups is 1. The molecule has 1 aliphatic rings. The zero-order chi connectivity index (χ0) is 23.7. The van der Waals surface area contributed by atoms with Crippen molar-refractivity contribution in [3.8, 4) is 0 Å². The van der Waals surface area contributed by atoms with Crippen LogP contribution in [0, 0.1) is 0 Å². The minimum atomic E-state index is -0.0133. The van der Waals surface area contributed by atoms with Gasteiger partial charge in [-0.25, -0.2) is 4.98 Å². The van der Waals surface area contributed by atoms with Gasteiger partial charge in [-0.1, -0.05) is 54.2 Å². The van der Waals surface area contributed by atoms with Crippen LogP contribution in [0.5, 0.6) is 0 Å². The highest BCUT2D eigenvalue weighted by molar-refractivity contribution is 7.99. The molecule has 1 aliphatic carbocycles. The third kappa shape index (κ3) is 4.07. The fraction of sp³-hybridized carbons (Fsp3) is 0.296. The number of allylic oxidation sites excluding steroid dienone is 1. The Bertz CT molecular complexity index is 1450. The molecule has 2 heterocycles. The van der Waals surface area contributed by atoms with Crippen molar-refractivity contribution in [2.24, 2.45) is 0 Å². The van der Waals surface area contributed by atoms with E-state index in [9.17, 15) is 9.59 Å². The predicted molar refractivity (Wildman–Crippen MR) is 143 cm³/mol. The molecule has 0 saturated carbocycles. The highest BCUT2D eigenvalue weighted by atomic mass is 32.2. The molecule has 5 nitrogen and oxygen atoms in total. The van der Waals surface area contributed by atoms with Crippen molar-refractivity contribution in [3.63, 3.8) is 0 Å². The van der Waals surface area contributed by atoms with Crippen LogP contribution in [0.1, 0.15) is 30.2 Å².